The Morgan fingerprint density at radius 2 is 1.92 bits per heavy atom. The second-order valence-electron chi connectivity index (χ2n) is 5.83. The van der Waals surface area contributed by atoms with E-state index in [1.54, 1.807) is 18.2 Å². The van der Waals surface area contributed by atoms with Gasteiger partial charge in [-0.1, -0.05) is 24.3 Å². The monoisotopic (exact) mass is 331 g/mol. The summed E-state index contributed by atoms with van der Waals surface area (Å²) < 4.78 is 26.2. The topological polar surface area (TPSA) is 53.2 Å². The normalized spacial score (nSPS) is 20.1. The Balaban J connectivity index is 1.56. The number of amides is 1. The number of nitrogens with one attached hydrogen (secondary N) is 3. The van der Waals surface area contributed by atoms with E-state index in [9.17, 15) is 13.6 Å². The van der Waals surface area contributed by atoms with Crippen LogP contribution in [0.25, 0.3) is 0 Å². The largest absolute Gasteiger partial charge is 0.355 e. The molecule has 126 valence electrons. The van der Waals surface area contributed by atoms with E-state index in [0.717, 1.165) is 11.1 Å². The van der Waals surface area contributed by atoms with Gasteiger partial charge in [0, 0.05) is 13.1 Å². The maximum atomic E-state index is 13.1. The highest BCUT2D eigenvalue weighted by molar-refractivity contribution is 5.80. The van der Waals surface area contributed by atoms with Crippen molar-refractivity contribution in [1.29, 1.82) is 0 Å². The van der Waals surface area contributed by atoms with Gasteiger partial charge >= 0.3 is 0 Å². The first kappa shape index (κ1) is 16.5. The van der Waals surface area contributed by atoms with E-state index in [2.05, 4.69) is 16.2 Å². The minimum absolute atomic E-state index is 0.0850. The van der Waals surface area contributed by atoms with Crippen LogP contribution in [0.1, 0.15) is 17.2 Å². The summed E-state index contributed by atoms with van der Waals surface area (Å²) in [7, 11) is 0. The number of benzene rings is 2. The summed E-state index contributed by atoms with van der Waals surface area (Å²) in [6.45, 7) is 0.933. The third-order valence-electron chi connectivity index (χ3n) is 4.15. The fourth-order valence-corrected chi connectivity index (χ4v) is 2.88. The van der Waals surface area contributed by atoms with Gasteiger partial charge in [-0.3, -0.25) is 10.2 Å². The molecule has 1 heterocycles. The Morgan fingerprint density at radius 1 is 1.12 bits per heavy atom. The van der Waals surface area contributed by atoms with Crippen molar-refractivity contribution in [2.24, 2.45) is 5.92 Å². The number of carbonyl (C=O) groups excluding carboxylic acids is 1. The Morgan fingerprint density at radius 3 is 2.67 bits per heavy atom. The van der Waals surface area contributed by atoms with E-state index in [-0.39, 0.29) is 29.5 Å². The third-order valence-corrected chi connectivity index (χ3v) is 4.15. The molecule has 2 aromatic carbocycles. The summed E-state index contributed by atoms with van der Waals surface area (Å²) >= 11 is 0. The molecule has 4 nitrogen and oxygen atoms in total. The smallest absolute Gasteiger partial charge is 0.226 e. The number of hydrogen-bond donors (Lipinski definition) is 3. The average Bonchev–Trinajstić information content (AvgIpc) is 3.05. The second kappa shape index (κ2) is 7.51. The molecule has 0 aromatic heterocycles. The van der Waals surface area contributed by atoms with Gasteiger partial charge in [0.2, 0.25) is 5.91 Å². The van der Waals surface area contributed by atoms with Gasteiger partial charge in [0.15, 0.2) is 0 Å². The molecule has 1 fully saturated rings. The zero-order valence-electron chi connectivity index (χ0n) is 13.1. The van der Waals surface area contributed by atoms with Crippen molar-refractivity contribution >= 4 is 5.91 Å². The molecule has 24 heavy (non-hydrogen) atoms. The maximum absolute atomic E-state index is 13.1. The molecule has 1 saturated heterocycles. The first-order chi connectivity index (χ1) is 11.6. The highest BCUT2D eigenvalue weighted by Crippen LogP contribution is 2.25. The van der Waals surface area contributed by atoms with Crippen molar-refractivity contribution in [1.82, 2.24) is 16.2 Å². The molecule has 6 heteroatoms. The van der Waals surface area contributed by atoms with E-state index >= 15 is 0 Å². The summed E-state index contributed by atoms with van der Waals surface area (Å²) in [6.07, 6.45) is 0.568. The first-order valence-corrected chi connectivity index (χ1v) is 7.89. The van der Waals surface area contributed by atoms with E-state index in [1.165, 1.54) is 24.3 Å². The SMILES string of the molecule is O=C(NCCc1cccc(F)c1)C1CNNC1c1ccc(F)cc1. The molecule has 3 N–H and O–H groups in total. The lowest BCUT2D eigenvalue weighted by molar-refractivity contribution is -0.124. The van der Waals surface area contributed by atoms with Gasteiger partial charge in [-0.2, -0.15) is 0 Å². The lowest BCUT2D eigenvalue weighted by atomic mass is 9.94. The van der Waals surface area contributed by atoms with Crippen LogP contribution in [0, 0.1) is 17.6 Å². The molecular formula is C18H19F2N3O. The Labute approximate surface area is 139 Å². The quantitative estimate of drug-likeness (QED) is 0.786. The first-order valence-electron chi connectivity index (χ1n) is 7.89. The van der Waals surface area contributed by atoms with Crippen molar-refractivity contribution in [3.8, 4) is 0 Å². The van der Waals surface area contributed by atoms with Crippen LogP contribution >= 0.6 is 0 Å². The summed E-state index contributed by atoms with van der Waals surface area (Å²) in [5, 5.41) is 2.89. The zero-order valence-corrected chi connectivity index (χ0v) is 13.1. The van der Waals surface area contributed by atoms with Crippen LogP contribution < -0.4 is 16.2 Å². The predicted molar refractivity (Wildman–Crippen MR) is 86.9 cm³/mol. The van der Waals surface area contributed by atoms with Gasteiger partial charge in [0.05, 0.1) is 12.0 Å². The lowest BCUT2D eigenvalue weighted by Crippen LogP contribution is -2.36. The zero-order chi connectivity index (χ0) is 16.9. The van der Waals surface area contributed by atoms with Crippen molar-refractivity contribution in [2.75, 3.05) is 13.1 Å². The molecule has 2 aromatic rings. The van der Waals surface area contributed by atoms with Crippen LogP contribution in [0.3, 0.4) is 0 Å². The van der Waals surface area contributed by atoms with Gasteiger partial charge in [-0.05, 0) is 41.8 Å². The lowest BCUT2D eigenvalue weighted by Gasteiger charge is -2.18. The molecule has 0 aliphatic carbocycles. The van der Waals surface area contributed by atoms with Gasteiger partial charge in [0.25, 0.3) is 0 Å². The Bertz CT molecular complexity index is 706. The van der Waals surface area contributed by atoms with Gasteiger partial charge in [-0.25, -0.2) is 14.2 Å². The van der Waals surface area contributed by atoms with E-state index in [1.807, 2.05) is 6.07 Å². The fraction of sp³-hybridized carbons (Fsp3) is 0.278. The van der Waals surface area contributed by atoms with Crippen LogP contribution in [0.2, 0.25) is 0 Å². The van der Waals surface area contributed by atoms with Crippen LogP contribution in [0.5, 0.6) is 0 Å². The highest BCUT2D eigenvalue weighted by Gasteiger charge is 2.33. The Hall–Kier alpha value is -2.31. The van der Waals surface area contributed by atoms with E-state index in [4.69, 9.17) is 0 Å². The molecule has 0 spiro atoms. The highest BCUT2D eigenvalue weighted by atomic mass is 19.1. The second-order valence-corrected chi connectivity index (χ2v) is 5.83. The number of hydrazine groups is 1. The average molecular weight is 331 g/mol. The van der Waals surface area contributed by atoms with Crippen molar-refractivity contribution < 1.29 is 13.6 Å². The standard InChI is InChI=1S/C18H19F2N3O/c19-14-6-4-13(5-7-14)17-16(11-22-23-17)18(24)21-9-8-12-2-1-3-15(20)10-12/h1-7,10,16-17,22-23H,8-9,11H2,(H,21,24). The number of hydrogen-bond acceptors (Lipinski definition) is 3. The number of rotatable bonds is 5. The molecule has 0 saturated carbocycles. The van der Waals surface area contributed by atoms with Crippen molar-refractivity contribution in [3.63, 3.8) is 0 Å². The third kappa shape index (κ3) is 3.96. The van der Waals surface area contributed by atoms with Crippen LogP contribution in [0.15, 0.2) is 48.5 Å². The minimum atomic E-state index is -0.305. The van der Waals surface area contributed by atoms with Gasteiger partial charge < -0.3 is 5.32 Å². The Kier molecular flexibility index (Phi) is 5.17. The van der Waals surface area contributed by atoms with Crippen molar-refractivity contribution in [3.05, 3.63) is 71.3 Å². The summed E-state index contributed by atoms with van der Waals surface area (Å²) in [5.74, 6) is -0.957. The van der Waals surface area contributed by atoms with E-state index < -0.39 is 0 Å². The molecule has 1 aliphatic rings. The van der Waals surface area contributed by atoms with Gasteiger partial charge in [-0.15, -0.1) is 0 Å². The van der Waals surface area contributed by atoms with Crippen LogP contribution in [-0.2, 0) is 11.2 Å². The summed E-state index contributed by atoms with van der Waals surface area (Å²) in [4.78, 5) is 12.4. The number of halogens is 2. The summed E-state index contributed by atoms with van der Waals surface area (Å²) in [5.41, 5.74) is 7.73. The maximum Gasteiger partial charge on any atom is 0.226 e. The van der Waals surface area contributed by atoms with Crippen LogP contribution in [0.4, 0.5) is 8.78 Å². The molecule has 1 aliphatic heterocycles. The van der Waals surface area contributed by atoms with Gasteiger partial charge in [0.1, 0.15) is 11.6 Å². The molecule has 2 atom stereocenters. The molecular weight excluding hydrogens is 312 g/mol. The molecule has 2 unspecified atom stereocenters. The van der Waals surface area contributed by atoms with Crippen LogP contribution in [-0.4, -0.2) is 19.0 Å². The molecule has 0 radical (unpaired) electrons. The van der Waals surface area contributed by atoms with Crippen molar-refractivity contribution in [2.45, 2.75) is 12.5 Å². The van der Waals surface area contributed by atoms with E-state index in [0.29, 0.717) is 19.5 Å². The molecule has 3 rings (SSSR count). The minimum Gasteiger partial charge on any atom is -0.355 e. The molecule has 0 bridgehead atoms. The molecule has 1 amide bonds. The number of carbonyl (C=O) groups is 1. The summed E-state index contributed by atoms with van der Waals surface area (Å²) in [6, 6.07) is 12.2. The predicted octanol–water partition coefficient (Wildman–Crippen LogP) is 2.09. The fourth-order valence-electron chi connectivity index (χ4n) is 2.88.